The number of methoxy groups -OCH3 is 2. The van der Waals surface area contributed by atoms with Crippen molar-refractivity contribution in [1.29, 1.82) is 0 Å². The summed E-state index contributed by atoms with van der Waals surface area (Å²) in [5.74, 6) is 0. The molecule has 0 aliphatic carbocycles. The molecule has 0 heterocycles. The SMILES string of the molecule is CCO[Si](CCCN)(OCC)OC(C)(CCOC)CCOC. The van der Waals surface area contributed by atoms with E-state index in [4.69, 9.17) is 28.5 Å². The monoisotopic (exact) mass is 337 g/mol. The smallest absolute Gasteiger partial charge is 0.385 e. The summed E-state index contributed by atoms with van der Waals surface area (Å²) in [5, 5.41) is 0. The summed E-state index contributed by atoms with van der Waals surface area (Å²) < 4.78 is 28.9. The van der Waals surface area contributed by atoms with Crippen LogP contribution in [0.25, 0.3) is 0 Å². The van der Waals surface area contributed by atoms with Crippen molar-refractivity contribution < 1.29 is 22.8 Å². The lowest BCUT2D eigenvalue weighted by atomic mass is 9.99. The van der Waals surface area contributed by atoms with Crippen LogP contribution in [0.3, 0.4) is 0 Å². The summed E-state index contributed by atoms with van der Waals surface area (Å²) in [4.78, 5) is 0. The first-order valence-electron chi connectivity index (χ1n) is 8.17. The number of nitrogens with two attached hydrogens (primary N) is 1. The Morgan fingerprint density at radius 2 is 1.45 bits per heavy atom. The van der Waals surface area contributed by atoms with E-state index in [0.717, 1.165) is 25.3 Å². The predicted molar refractivity (Wildman–Crippen MR) is 90.0 cm³/mol. The minimum Gasteiger partial charge on any atom is -0.385 e. The standard InChI is InChI=1S/C15H35NO5Si/c1-6-19-22(20-7-2,14-8-11-16)21-15(3,9-12-17-4)10-13-18-5/h6-14,16H2,1-5H3. The predicted octanol–water partition coefficient (Wildman–Crippen LogP) is 2.20. The molecule has 0 aromatic rings. The van der Waals surface area contributed by atoms with E-state index in [0.29, 0.717) is 33.0 Å². The third-order valence-corrected chi connectivity index (χ3v) is 6.71. The lowest BCUT2D eigenvalue weighted by Crippen LogP contribution is -2.53. The van der Waals surface area contributed by atoms with Gasteiger partial charge in [-0.2, -0.15) is 0 Å². The summed E-state index contributed by atoms with van der Waals surface area (Å²) in [5.41, 5.74) is 5.28. The highest BCUT2D eigenvalue weighted by Gasteiger charge is 2.46. The molecule has 0 aromatic heterocycles. The Kier molecular flexibility index (Phi) is 12.4. The zero-order valence-electron chi connectivity index (χ0n) is 15.0. The fourth-order valence-corrected chi connectivity index (χ4v) is 5.36. The number of ether oxygens (including phenoxy) is 2. The molecule has 0 aliphatic heterocycles. The summed E-state index contributed by atoms with van der Waals surface area (Å²) >= 11 is 0. The molecule has 0 aliphatic rings. The van der Waals surface area contributed by atoms with Crippen molar-refractivity contribution in [3.05, 3.63) is 0 Å². The van der Waals surface area contributed by atoms with E-state index in [9.17, 15) is 0 Å². The van der Waals surface area contributed by atoms with E-state index in [1.165, 1.54) is 0 Å². The zero-order valence-corrected chi connectivity index (χ0v) is 16.0. The van der Waals surface area contributed by atoms with Crippen molar-refractivity contribution in [3.63, 3.8) is 0 Å². The van der Waals surface area contributed by atoms with Gasteiger partial charge in [0.15, 0.2) is 0 Å². The quantitative estimate of drug-likeness (QED) is 0.462. The molecule has 0 unspecified atom stereocenters. The van der Waals surface area contributed by atoms with E-state index in [-0.39, 0.29) is 0 Å². The average molecular weight is 338 g/mol. The van der Waals surface area contributed by atoms with Gasteiger partial charge in [-0.1, -0.05) is 0 Å². The second-order valence-corrected chi connectivity index (χ2v) is 8.13. The minimum atomic E-state index is -2.74. The van der Waals surface area contributed by atoms with Crippen LogP contribution in [0.2, 0.25) is 6.04 Å². The first-order valence-corrected chi connectivity index (χ1v) is 10.1. The topological polar surface area (TPSA) is 72.2 Å². The van der Waals surface area contributed by atoms with E-state index in [2.05, 4.69) is 6.92 Å². The van der Waals surface area contributed by atoms with Gasteiger partial charge in [0.2, 0.25) is 0 Å². The Bertz CT molecular complexity index is 254. The van der Waals surface area contributed by atoms with Gasteiger partial charge in [0, 0.05) is 46.7 Å². The van der Waals surface area contributed by atoms with Gasteiger partial charge in [-0.05, 0) is 46.6 Å². The lowest BCUT2D eigenvalue weighted by Gasteiger charge is -2.39. The summed E-state index contributed by atoms with van der Waals surface area (Å²) in [6.07, 6.45) is 2.37. The van der Waals surface area contributed by atoms with Crippen molar-refractivity contribution in [2.24, 2.45) is 5.73 Å². The van der Waals surface area contributed by atoms with Crippen molar-refractivity contribution >= 4 is 8.80 Å². The van der Waals surface area contributed by atoms with E-state index in [1.807, 2.05) is 13.8 Å². The highest BCUT2D eigenvalue weighted by Crippen LogP contribution is 2.30. The minimum absolute atomic E-state index is 0.392. The molecule has 0 fully saturated rings. The molecular weight excluding hydrogens is 302 g/mol. The van der Waals surface area contributed by atoms with Gasteiger partial charge in [0.1, 0.15) is 0 Å². The van der Waals surface area contributed by atoms with Gasteiger partial charge >= 0.3 is 8.80 Å². The molecule has 134 valence electrons. The molecule has 0 spiro atoms. The molecule has 0 radical (unpaired) electrons. The average Bonchev–Trinajstić information content (AvgIpc) is 2.50. The van der Waals surface area contributed by atoms with Crippen LogP contribution in [-0.4, -0.2) is 61.6 Å². The van der Waals surface area contributed by atoms with Crippen LogP contribution in [0.15, 0.2) is 0 Å². The highest BCUT2D eigenvalue weighted by molar-refractivity contribution is 6.60. The highest BCUT2D eigenvalue weighted by atomic mass is 28.4. The molecule has 0 rings (SSSR count). The Morgan fingerprint density at radius 3 is 1.82 bits per heavy atom. The van der Waals surface area contributed by atoms with Gasteiger partial charge in [-0.3, -0.25) is 0 Å². The van der Waals surface area contributed by atoms with Crippen molar-refractivity contribution in [1.82, 2.24) is 0 Å². The van der Waals surface area contributed by atoms with Crippen molar-refractivity contribution in [2.75, 3.05) is 47.2 Å². The molecule has 0 saturated carbocycles. The lowest BCUT2D eigenvalue weighted by molar-refractivity contribution is -0.0485. The van der Waals surface area contributed by atoms with Crippen molar-refractivity contribution in [2.45, 2.75) is 51.7 Å². The zero-order chi connectivity index (χ0) is 16.9. The third kappa shape index (κ3) is 8.57. The maximum atomic E-state index is 6.49. The largest absolute Gasteiger partial charge is 0.501 e. The van der Waals surface area contributed by atoms with Gasteiger partial charge < -0.3 is 28.5 Å². The second-order valence-electron chi connectivity index (χ2n) is 5.48. The van der Waals surface area contributed by atoms with Gasteiger partial charge in [-0.15, -0.1) is 0 Å². The Balaban J connectivity index is 5.10. The van der Waals surface area contributed by atoms with E-state index in [1.54, 1.807) is 14.2 Å². The maximum absolute atomic E-state index is 6.49. The molecule has 2 N–H and O–H groups in total. The van der Waals surface area contributed by atoms with Crippen LogP contribution in [0.1, 0.15) is 40.0 Å². The number of rotatable bonds is 15. The van der Waals surface area contributed by atoms with Crippen LogP contribution >= 0.6 is 0 Å². The Hall–Kier alpha value is -0.0231. The van der Waals surface area contributed by atoms with E-state index >= 15 is 0 Å². The number of hydrogen-bond donors (Lipinski definition) is 1. The normalized spacial score (nSPS) is 12.8. The van der Waals surface area contributed by atoms with Crippen LogP contribution in [0.4, 0.5) is 0 Å². The molecule has 0 saturated heterocycles. The molecular formula is C15H35NO5Si. The molecule has 0 aromatic carbocycles. The molecule has 0 atom stereocenters. The second kappa shape index (κ2) is 12.4. The first-order chi connectivity index (χ1) is 10.5. The van der Waals surface area contributed by atoms with Crippen LogP contribution in [0, 0.1) is 0 Å². The molecule has 0 amide bonds. The summed E-state index contributed by atoms with van der Waals surface area (Å²) in [6, 6.07) is 0.737. The molecule has 0 bridgehead atoms. The van der Waals surface area contributed by atoms with Crippen molar-refractivity contribution in [3.8, 4) is 0 Å². The molecule has 7 heteroatoms. The van der Waals surface area contributed by atoms with Gasteiger partial charge in [-0.25, -0.2) is 0 Å². The van der Waals surface area contributed by atoms with Crippen LogP contribution < -0.4 is 5.73 Å². The Labute approximate surface area is 137 Å². The third-order valence-electron chi connectivity index (χ3n) is 3.49. The van der Waals surface area contributed by atoms with E-state index < -0.39 is 14.4 Å². The Morgan fingerprint density at radius 1 is 0.955 bits per heavy atom. The van der Waals surface area contributed by atoms with Gasteiger partial charge in [0.05, 0.1) is 5.60 Å². The van der Waals surface area contributed by atoms with Crippen LogP contribution in [-0.2, 0) is 22.8 Å². The van der Waals surface area contributed by atoms with Gasteiger partial charge in [0.25, 0.3) is 0 Å². The first kappa shape index (κ1) is 22.0. The maximum Gasteiger partial charge on any atom is 0.501 e. The summed E-state index contributed by atoms with van der Waals surface area (Å²) in [6.45, 7) is 9.00. The number of hydrogen-bond acceptors (Lipinski definition) is 6. The molecule has 6 nitrogen and oxygen atoms in total. The summed E-state index contributed by atoms with van der Waals surface area (Å²) in [7, 11) is 0.648. The fraction of sp³-hybridized carbons (Fsp3) is 1.00. The molecule has 22 heavy (non-hydrogen) atoms. The fourth-order valence-electron chi connectivity index (χ4n) is 2.29. The van der Waals surface area contributed by atoms with Crippen LogP contribution in [0.5, 0.6) is 0 Å².